The van der Waals surface area contributed by atoms with E-state index in [9.17, 15) is 9.90 Å². The van der Waals surface area contributed by atoms with Crippen molar-refractivity contribution in [3.05, 3.63) is 52.8 Å². The van der Waals surface area contributed by atoms with Crippen LogP contribution in [0.5, 0.6) is 0 Å². The summed E-state index contributed by atoms with van der Waals surface area (Å²) in [7, 11) is 0. The Hall–Kier alpha value is -2.70. The normalized spacial score (nSPS) is 21.4. The molecule has 2 fully saturated rings. The fraction of sp³-hybridized carbons (Fsp3) is 0.548. The Bertz CT molecular complexity index is 1250. The van der Waals surface area contributed by atoms with Crippen LogP contribution in [0.25, 0.3) is 22.2 Å². The standard InChI is InChI=1S/C31H42N4O2/c1-19(2)30-27-15-24(6-7-28(27)33-31(30)25-13-21(4)32-22(5)14-25)23-8-10-34(11-9-23)17-29(37)35-16-20(3)12-26(35)18-36/h6-7,13-15,19-20,23,26,33,36H,8-12,16-18H2,1-5H3/t20-,26-/m1/s1. The van der Waals surface area contributed by atoms with Crippen molar-refractivity contribution in [3.8, 4) is 11.3 Å². The molecule has 6 nitrogen and oxygen atoms in total. The van der Waals surface area contributed by atoms with Crippen LogP contribution in [0.4, 0.5) is 0 Å². The molecular weight excluding hydrogens is 460 g/mol. The third-order valence-corrected chi connectivity index (χ3v) is 8.38. The molecule has 6 heteroatoms. The first-order valence-electron chi connectivity index (χ1n) is 14.0. The SMILES string of the molecule is Cc1cc(-c2[nH]c3ccc(C4CCN(CC(=O)N5C[C@H](C)C[C@@H]5CO)CC4)cc3c2C(C)C)cc(C)n1. The van der Waals surface area contributed by atoms with Crippen molar-refractivity contribution in [2.45, 2.75) is 71.8 Å². The van der Waals surface area contributed by atoms with Crippen molar-refractivity contribution in [1.82, 2.24) is 19.8 Å². The first-order chi connectivity index (χ1) is 17.7. The summed E-state index contributed by atoms with van der Waals surface area (Å²) in [6.07, 6.45) is 3.04. The summed E-state index contributed by atoms with van der Waals surface area (Å²) in [6.45, 7) is 14.0. The molecule has 2 saturated heterocycles. The number of nitrogens with one attached hydrogen (secondary N) is 1. The second-order valence-corrected chi connectivity index (χ2v) is 11.8. The number of aliphatic hydroxyl groups excluding tert-OH is 1. The van der Waals surface area contributed by atoms with E-state index in [1.165, 1.54) is 33.3 Å². The molecule has 4 heterocycles. The number of hydrogen-bond acceptors (Lipinski definition) is 4. The van der Waals surface area contributed by atoms with E-state index >= 15 is 0 Å². The lowest BCUT2D eigenvalue weighted by atomic mass is 9.87. The molecule has 3 aromatic rings. The maximum atomic E-state index is 13.0. The van der Waals surface area contributed by atoms with E-state index in [-0.39, 0.29) is 18.6 Å². The number of piperidine rings is 1. The summed E-state index contributed by atoms with van der Waals surface area (Å²) in [5.41, 5.74) is 8.48. The molecule has 0 saturated carbocycles. The van der Waals surface area contributed by atoms with Crippen molar-refractivity contribution in [2.75, 3.05) is 32.8 Å². The second kappa shape index (κ2) is 10.6. The van der Waals surface area contributed by atoms with Gasteiger partial charge in [-0.3, -0.25) is 14.7 Å². The molecule has 2 atom stereocenters. The van der Waals surface area contributed by atoms with Crippen molar-refractivity contribution in [2.24, 2.45) is 5.92 Å². The number of benzene rings is 1. The number of aromatic amines is 1. The van der Waals surface area contributed by atoms with Crippen LogP contribution >= 0.6 is 0 Å². The number of rotatable bonds is 6. The highest BCUT2D eigenvalue weighted by atomic mass is 16.3. The van der Waals surface area contributed by atoms with Gasteiger partial charge in [0.05, 0.1) is 24.9 Å². The Morgan fingerprint density at radius 3 is 2.49 bits per heavy atom. The average molecular weight is 503 g/mol. The predicted octanol–water partition coefficient (Wildman–Crippen LogP) is 5.38. The largest absolute Gasteiger partial charge is 0.394 e. The van der Waals surface area contributed by atoms with Crippen molar-refractivity contribution in [1.29, 1.82) is 0 Å². The number of likely N-dealkylation sites (tertiary alicyclic amines) is 2. The molecule has 2 aromatic heterocycles. The average Bonchev–Trinajstić information content (AvgIpc) is 3.44. The number of amides is 1. The molecule has 5 rings (SSSR count). The number of aliphatic hydroxyl groups is 1. The van der Waals surface area contributed by atoms with Gasteiger partial charge in [0.2, 0.25) is 5.91 Å². The number of nitrogens with zero attached hydrogens (tertiary/aromatic N) is 3. The molecule has 198 valence electrons. The molecule has 0 radical (unpaired) electrons. The molecule has 0 bridgehead atoms. The summed E-state index contributed by atoms with van der Waals surface area (Å²) in [4.78, 5) is 25.5. The van der Waals surface area contributed by atoms with Gasteiger partial charge < -0.3 is 15.0 Å². The number of H-pyrrole nitrogens is 1. The second-order valence-electron chi connectivity index (χ2n) is 11.8. The van der Waals surface area contributed by atoms with E-state index in [1.54, 1.807) is 0 Å². The van der Waals surface area contributed by atoms with E-state index in [2.05, 4.69) is 79.8 Å². The Balaban J connectivity index is 1.31. The van der Waals surface area contributed by atoms with Crippen LogP contribution in [0.3, 0.4) is 0 Å². The fourth-order valence-electron chi connectivity index (χ4n) is 6.63. The first-order valence-corrected chi connectivity index (χ1v) is 14.0. The number of aryl methyl sites for hydroxylation is 2. The first kappa shape index (κ1) is 25.9. The number of carbonyl (C=O) groups excluding carboxylic acids is 1. The summed E-state index contributed by atoms with van der Waals surface area (Å²) in [5, 5.41) is 11.0. The van der Waals surface area contributed by atoms with Crippen molar-refractivity contribution < 1.29 is 9.90 Å². The van der Waals surface area contributed by atoms with Crippen LogP contribution in [-0.2, 0) is 4.79 Å². The van der Waals surface area contributed by atoms with Gasteiger partial charge >= 0.3 is 0 Å². The highest BCUT2D eigenvalue weighted by Crippen LogP contribution is 2.38. The zero-order chi connectivity index (χ0) is 26.3. The minimum Gasteiger partial charge on any atom is -0.394 e. The van der Waals surface area contributed by atoms with Gasteiger partial charge in [0.15, 0.2) is 0 Å². The molecule has 0 unspecified atom stereocenters. The Labute approximate surface area is 221 Å². The lowest BCUT2D eigenvalue weighted by molar-refractivity contribution is -0.134. The molecule has 37 heavy (non-hydrogen) atoms. The summed E-state index contributed by atoms with van der Waals surface area (Å²) in [6, 6.07) is 11.3. The van der Waals surface area contributed by atoms with Gasteiger partial charge in [0, 0.05) is 34.4 Å². The van der Waals surface area contributed by atoms with Gasteiger partial charge in [-0.1, -0.05) is 26.8 Å². The molecular formula is C31H42N4O2. The predicted molar refractivity (Wildman–Crippen MR) is 150 cm³/mol. The van der Waals surface area contributed by atoms with Crippen LogP contribution in [0, 0.1) is 19.8 Å². The number of hydrogen-bond donors (Lipinski definition) is 2. The number of pyridine rings is 1. The summed E-state index contributed by atoms with van der Waals surface area (Å²) in [5.74, 6) is 1.55. The zero-order valence-electron chi connectivity index (χ0n) is 23.1. The van der Waals surface area contributed by atoms with Crippen LogP contribution in [0.2, 0.25) is 0 Å². The molecule has 2 aliphatic heterocycles. The minimum atomic E-state index is -0.00635. The highest BCUT2D eigenvalue weighted by molar-refractivity contribution is 5.92. The van der Waals surface area contributed by atoms with Crippen LogP contribution in [0.15, 0.2) is 30.3 Å². The van der Waals surface area contributed by atoms with E-state index in [0.29, 0.717) is 24.3 Å². The Kier molecular flexibility index (Phi) is 7.42. The zero-order valence-corrected chi connectivity index (χ0v) is 23.1. The molecule has 1 aromatic carbocycles. The lowest BCUT2D eigenvalue weighted by Gasteiger charge is -2.33. The lowest BCUT2D eigenvalue weighted by Crippen LogP contribution is -2.45. The minimum absolute atomic E-state index is 0.00635. The smallest absolute Gasteiger partial charge is 0.237 e. The van der Waals surface area contributed by atoms with Gasteiger partial charge in [-0.05, 0) is 99.3 Å². The molecule has 0 aliphatic carbocycles. The molecule has 1 amide bonds. The number of carbonyl (C=O) groups is 1. The van der Waals surface area contributed by atoms with Gasteiger partial charge in [-0.15, -0.1) is 0 Å². The molecule has 2 N–H and O–H groups in total. The third kappa shape index (κ3) is 5.32. The quantitative estimate of drug-likeness (QED) is 0.475. The van der Waals surface area contributed by atoms with Gasteiger partial charge in [0.25, 0.3) is 0 Å². The Morgan fingerprint density at radius 2 is 1.84 bits per heavy atom. The van der Waals surface area contributed by atoms with E-state index in [1.807, 2.05) is 4.90 Å². The van der Waals surface area contributed by atoms with Crippen LogP contribution in [-0.4, -0.2) is 69.6 Å². The highest BCUT2D eigenvalue weighted by Gasteiger charge is 2.33. The summed E-state index contributed by atoms with van der Waals surface area (Å²) < 4.78 is 0. The van der Waals surface area contributed by atoms with Crippen molar-refractivity contribution >= 4 is 16.8 Å². The van der Waals surface area contributed by atoms with Crippen LogP contribution in [0.1, 0.15) is 74.4 Å². The van der Waals surface area contributed by atoms with E-state index in [0.717, 1.165) is 50.3 Å². The van der Waals surface area contributed by atoms with Gasteiger partial charge in [-0.25, -0.2) is 0 Å². The maximum absolute atomic E-state index is 13.0. The summed E-state index contributed by atoms with van der Waals surface area (Å²) >= 11 is 0. The van der Waals surface area contributed by atoms with Crippen LogP contribution < -0.4 is 0 Å². The topological polar surface area (TPSA) is 72.5 Å². The number of fused-ring (bicyclic) bond motifs is 1. The fourth-order valence-corrected chi connectivity index (χ4v) is 6.63. The maximum Gasteiger partial charge on any atom is 0.237 e. The Morgan fingerprint density at radius 1 is 1.14 bits per heavy atom. The molecule has 0 spiro atoms. The van der Waals surface area contributed by atoms with Gasteiger partial charge in [-0.2, -0.15) is 0 Å². The number of aromatic nitrogens is 2. The van der Waals surface area contributed by atoms with Crippen molar-refractivity contribution in [3.63, 3.8) is 0 Å². The monoisotopic (exact) mass is 502 g/mol. The third-order valence-electron chi connectivity index (χ3n) is 8.38. The van der Waals surface area contributed by atoms with Gasteiger partial charge in [0.1, 0.15) is 0 Å². The van der Waals surface area contributed by atoms with E-state index in [4.69, 9.17) is 0 Å². The van der Waals surface area contributed by atoms with E-state index < -0.39 is 0 Å². The molecule has 2 aliphatic rings.